The summed E-state index contributed by atoms with van der Waals surface area (Å²) in [6, 6.07) is -4.43. The molecule has 0 bridgehead atoms. The zero-order chi connectivity index (χ0) is 30.1. The van der Waals surface area contributed by atoms with E-state index in [1.165, 1.54) is 9.80 Å². The summed E-state index contributed by atoms with van der Waals surface area (Å²) >= 11 is 0. The van der Waals surface area contributed by atoms with E-state index in [1.807, 2.05) is 0 Å². The maximum atomic E-state index is 13.2. The van der Waals surface area contributed by atoms with Gasteiger partial charge in [-0.15, -0.1) is 0 Å². The molecule has 0 radical (unpaired) electrons. The van der Waals surface area contributed by atoms with Crippen molar-refractivity contribution in [3.8, 4) is 0 Å². The molecular weight excluding hydrogens is 542 g/mol. The van der Waals surface area contributed by atoms with Gasteiger partial charge < -0.3 is 47.6 Å². The lowest BCUT2D eigenvalue weighted by atomic mass is 10.1. The Morgan fingerprint density at radius 3 is 2.15 bits per heavy atom. The van der Waals surface area contributed by atoms with Gasteiger partial charge in [0.15, 0.2) is 5.96 Å². The summed E-state index contributed by atoms with van der Waals surface area (Å²) in [6.07, 6.45) is 1.29. The van der Waals surface area contributed by atoms with Crippen molar-refractivity contribution >= 4 is 47.4 Å². The molecule has 3 heterocycles. The number of fused-ring (bicyclic) bond motifs is 2. The Labute approximate surface area is 235 Å². The van der Waals surface area contributed by atoms with Gasteiger partial charge in [-0.3, -0.25) is 38.6 Å². The molecule has 226 valence electrons. The Kier molecular flexibility index (Phi) is 10.8. The molecule has 3 aliphatic rings. The fourth-order valence-corrected chi connectivity index (χ4v) is 5.17. The molecule has 17 heteroatoms. The topological polar surface area (TPSA) is 259 Å². The van der Waals surface area contributed by atoms with E-state index >= 15 is 0 Å². The molecule has 0 spiro atoms. The van der Waals surface area contributed by atoms with Gasteiger partial charge in [-0.05, 0) is 38.5 Å². The second kappa shape index (κ2) is 14.3. The molecular formula is C24H37N9O8. The van der Waals surface area contributed by atoms with E-state index < -0.39 is 85.1 Å². The molecule has 4 atom stereocenters. The first kappa shape index (κ1) is 31.1. The van der Waals surface area contributed by atoms with E-state index in [4.69, 9.17) is 11.5 Å². The maximum Gasteiger partial charge on any atom is 0.305 e. The van der Waals surface area contributed by atoms with E-state index in [0.717, 1.165) is 0 Å². The van der Waals surface area contributed by atoms with Crippen LogP contribution in [-0.2, 0) is 33.6 Å². The predicted octanol–water partition coefficient (Wildman–Crippen LogP) is -4.29. The van der Waals surface area contributed by atoms with Gasteiger partial charge >= 0.3 is 5.97 Å². The van der Waals surface area contributed by atoms with Crippen LogP contribution in [-0.4, -0.2) is 119 Å². The minimum absolute atomic E-state index is 0.100. The summed E-state index contributed by atoms with van der Waals surface area (Å²) in [6.45, 7) is -0.422. The van der Waals surface area contributed by atoms with E-state index in [-0.39, 0.29) is 38.4 Å². The molecule has 0 saturated carbocycles. The van der Waals surface area contributed by atoms with Crippen LogP contribution in [0.2, 0.25) is 0 Å². The number of nitrogens with zero attached hydrogens (tertiary/aromatic N) is 3. The zero-order valence-corrected chi connectivity index (χ0v) is 22.6. The zero-order valence-electron chi connectivity index (χ0n) is 22.6. The van der Waals surface area contributed by atoms with E-state index in [1.54, 1.807) is 0 Å². The van der Waals surface area contributed by atoms with Crippen LogP contribution in [0.25, 0.3) is 0 Å². The number of hydrogen-bond donors (Lipinski definition) is 7. The second-order valence-electron chi connectivity index (χ2n) is 10.1. The number of nitrogens with two attached hydrogens (primary N) is 2. The standard InChI is InChI=1S/C24H37N9O8/c25-24(26)27-7-1-4-13-20(38)28-11-17(34)30-14(10-19(36)37)23(41)33-9-3-5-15(33)21(39)29-12-18(35)32-8-2-6-16(32)22(40)31-13/h13-16H,1-12H2,(H,28,38)(H,29,39)(H,30,34)(H,31,40)(H,36,37)(H4,25,26,27)/t13-,14-,15+,16+/m0/s1. The number of carbonyl (C=O) groups excluding carboxylic acids is 6. The largest absolute Gasteiger partial charge is 0.481 e. The Hall–Kier alpha value is -4.44. The molecule has 0 aromatic heterocycles. The SMILES string of the molecule is NC(N)=NCCC[C@@H]1NC(=O)[C@H]2CCCN2C(=O)CNC(=O)[C@H]2CCCN2C(=O)[C@H](CC(=O)O)NC(=O)CNC1=O. The number of aliphatic carboxylic acids is 1. The van der Waals surface area contributed by atoms with Crippen LogP contribution in [0, 0.1) is 0 Å². The highest BCUT2D eigenvalue weighted by molar-refractivity contribution is 5.98. The van der Waals surface area contributed by atoms with Crippen molar-refractivity contribution in [2.75, 3.05) is 32.7 Å². The number of carboxylic acid groups (broad SMARTS) is 1. The third-order valence-electron chi connectivity index (χ3n) is 7.14. The van der Waals surface area contributed by atoms with E-state index in [9.17, 15) is 38.7 Å². The Balaban J connectivity index is 1.85. The van der Waals surface area contributed by atoms with Gasteiger partial charge in [0.25, 0.3) is 0 Å². The molecule has 0 aliphatic carbocycles. The molecule has 41 heavy (non-hydrogen) atoms. The highest BCUT2D eigenvalue weighted by atomic mass is 16.4. The molecule has 9 N–H and O–H groups in total. The van der Waals surface area contributed by atoms with E-state index in [0.29, 0.717) is 25.7 Å². The number of carboxylic acids is 1. The number of nitrogens with one attached hydrogen (secondary N) is 4. The molecule has 0 aromatic rings. The Morgan fingerprint density at radius 1 is 0.854 bits per heavy atom. The second-order valence-corrected chi connectivity index (χ2v) is 10.1. The summed E-state index contributed by atoms with van der Waals surface area (Å²) in [5, 5.41) is 19.2. The first-order valence-corrected chi connectivity index (χ1v) is 13.5. The lowest BCUT2D eigenvalue weighted by Crippen LogP contribution is -2.58. The van der Waals surface area contributed by atoms with Crippen molar-refractivity contribution in [1.29, 1.82) is 0 Å². The Morgan fingerprint density at radius 2 is 1.49 bits per heavy atom. The maximum absolute atomic E-state index is 13.2. The van der Waals surface area contributed by atoms with Gasteiger partial charge in [0.2, 0.25) is 35.4 Å². The van der Waals surface area contributed by atoms with Gasteiger partial charge in [-0.1, -0.05) is 0 Å². The molecule has 3 aliphatic heterocycles. The van der Waals surface area contributed by atoms with Crippen LogP contribution in [0.4, 0.5) is 0 Å². The highest BCUT2D eigenvalue weighted by Crippen LogP contribution is 2.21. The van der Waals surface area contributed by atoms with Crippen LogP contribution >= 0.6 is 0 Å². The van der Waals surface area contributed by atoms with Crippen molar-refractivity contribution in [2.24, 2.45) is 16.5 Å². The smallest absolute Gasteiger partial charge is 0.305 e. The third kappa shape index (κ3) is 8.52. The van der Waals surface area contributed by atoms with Crippen molar-refractivity contribution in [1.82, 2.24) is 31.1 Å². The van der Waals surface area contributed by atoms with Crippen molar-refractivity contribution < 1.29 is 38.7 Å². The minimum atomic E-state index is -1.49. The number of hydrogen-bond acceptors (Lipinski definition) is 8. The first-order valence-electron chi connectivity index (χ1n) is 13.5. The van der Waals surface area contributed by atoms with Gasteiger partial charge in [0.1, 0.15) is 24.2 Å². The normalized spacial score (nSPS) is 26.5. The fourth-order valence-electron chi connectivity index (χ4n) is 5.17. The summed E-state index contributed by atoms with van der Waals surface area (Å²) in [7, 11) is 0. The number of rotatable bonds is 6. The van der Waals surface area contributed by atoms with Crippen LogP contribution in [0.5, 0.6) is 0 Å². The molecule has 17 nitrogen and oxygen atoms in total. The lowest BCUT2D eigenvalue weighted by Gasteiger charge is -2.29. The van der Waals surface area contributed by atoms with Gasteiger partial charge in [-0.25, -0.2) is 0 Å². The molecule has 3 saturated heterocycles. The van der Waals surface area contributed by atoms with Gasteiger partial charge in [-0.2, -0.15) is 0 Å². The number of amides is 6. The van der Waals surface area contributed by atoms with Crippen molar-refractivity contribution in [3.63, 3.8) is 0 Å². The summed E-state index contributed by atoms with van der Waals surface area (Å²) in [5.41, 5.74) is 10.7. The highest BCUT2D eigenvalue weighted by Gasteiger charge is 2.40. The number of aliphatic imine (C=N–C) groups is 1. The van der Waals surface area contributed by atoms with Crippen LogP contribution in [0.1, 0.15) is 44.9 Å². The molecule has 6 amide bonds. The van der Waals surface area contributed by atoms with Crippen molar-refractivity contribution in [2.45, 2.75) is 69.1 Å². The van der Waals surface area contributed by atoms with Gasteiger partial charge in [0.05, 0.1) is 19.5 Å². The minimum Gasteiger partial charge on any atom is -0.481 e. The summed E-state index contributed by atoms with van der Waals surface area (Å²) in [5.74, 6) is -5.47. The lowest BCUT2D eigenvalue weighted by molar-refractivity contribution is -0.146. The average Bonchev–Trinajstić information content (AvgIpc) is 3.60. The first-order chi connectivity index (χ1) is 19.5. The van der Waals surface area contributed by atoms with Gasteiger partial charge in [0, 0.05) is 19.6 Å². The van der Waals surface area contributed by atoms with Crippen LogP contribution in [0.15, 0.2) is 4.99 Å². The molecule has 3 rings (SSSR count). The molecule has 0 aromatic carbocycles. The monoisotopic (exact) mass is 579 g/mol. The Bertz CT molecular complexity index is 1090. The number of guanidine groups is 1. The molecule has 3 fully saturated rings. The van der Waals surface area contributed by atoms with Crippen LogP contribution in [0.3, 0.4) is 0 Å². The van der Waals surface area contributed by atoms with Crippen molar-refractivity contribution in [3.05, 3.63) is 0 Å². The summed E-state index contributed by atoms with van der Waals surface area (Å²) in [4.78, 5) is 95.8. The fraction of sp³-hybridized carbons (Fsp3) is 0.667. The van der Waals surface area contributed by atoms with E-state index in [2.05, 4.69) is 26.3 Å². The number of carbonyl (C=O) groups is 7. The summed E-state index contributed by atoms with van der Waals surface area (Å²) < 4.78 is 0. The quantitative estimate of drug-likeness (QED) is 0.0904. The van der Waals surface area contributed by atoms with Crippen LogP contribution < -0.4 is 32.7 Å². The third-order valence-corrected chi connectivity index (χ3v) is 7.14. The predicted molar refractivity (Wildman–Crippen MR) is 142 cm³/mol. The molecule has 0 unspecified atom stereocenters. The average molecular weight is 580 g/mol.